The van der Waals surface area contributed by atoms with E-state index in [2.05, 4.69) is 20.9 Å². The normalized spacial score (nSPS) is 13.3. The highest BCUT2D eigenvalue weighted by Crippen LogP contribution is 2.33. The van der Waals surface area contributed by atoms with Crippen molar-refractivity contribution >= 4 is 11.6 Å². The van der Waals surface area contributed by atoms with Gasteiger partial charge in [0.05, 0.1) is 25.9 Å². The number of halogens is 3. The minimum absolute atomic E-state index is 0.0118. The maximum atomic E-state index is 13.7. The fourth-order valence-corrected chi connectivity index (χ4v) is 3.30. The minimum Gasteiger partial charge on any atom is -0.497 e. The summed E-state index contributed by atoms with van der Waals surface area (Å²) in [5, 5.41) is 8.35. The third-order valence-electron chi connectivity index (χ3n) is 4.88. The number of methoxy groups -OCH3 is 2. The van der Waals surface area contributed by atoms with Gasteiger partial charge in [-0.05, 0) is 36.1 Å². The van der Waals surface area contributed by atoms with Crippen LogP contribution in [-0.4, -0.2) is 50.4 Å². The number of carbonyl (C=O) groups is 1. The quantitative estimate of drug-likeness (QED) is 0.410. The molecule has 2 atom stereocenters. The van der Waals surface area contributed by atoms with Crippen LogP contribution in [-0.2, 0) is 4.79 Å². The van der Waals surface area contributed by atoms with Gasteiger partial charge in [0.1, 0.15) is 17.5 Å². The first kappa shape index (κ1) is 26.2. The van der Waals surface area contributed by atoms with E-state index in [1.807, 2.05) is 13.8 Å². The molecule has 2 rings (SSSR count). The van der Waals surface area contributed by atoms with Crippen LogP contribution in [0, 0.1) is 5.92 Å². The van der Waals surface area contributed by atoms with Gasteiger partial charge in [-0.1, -0.05) is 19.9 Å². The number of aromatic nitrogens is 1. The van der Waals surface area contributed by atoms with E-state index >= 15 is 0 Å². The Morgan fingerprint density at radius 3 is 2.45 bits per heavy atom. The first-order valence-corrected chi connectivity index (χ1v) is 10.6. The van der Waals surface area contributed by atoms with Crippen molar-refractivity contribution in [3.63, 3.8) is 0 Å². The van der Waals surface area contributed by atoms with Crippen LogP contribution < -0.4 is 25.4 Å². The molecule has 0 fully saturated rings. The number of anilines is 1. The second kappa shape index (κ2) is 12.3. The van der Waals surface area contributed by atoms with E-state index in [1.165, 1.54) is 25.4 Å². The molecule has 0 radical (unpaired) electrons. The molecule has 0 aliphatic rings. The van der Waals surface area contributed by atoms with Crippen molar-refractivity contribution in [3.05, 3.63) is 48.3 Å². The molecule has 10 heteroatoms. The minimum atomic E-state index is -4.58. The predicted molar refractivity (Wildman–Crippen MR) is 120 cm³/mol. The third-order valence-corrected chi connectivity index (χ3v) is 4.88. The summed E-state index contributed by atoms with van der Waals surface area (Å²) in [6, 6.07) is 5.03. The molecule has 0 saturated carbocycles. The standard InChI is InChI=1S/C23H31F3N4O3/c1-15(2)12-19(30-21(23(24,25)26)16-6-5-9-27-14-16)22(31)29-11-10-28-18-8-7-17(32-3)13-20(18)33-4/h5-9,13-15,19,21,28,30H,10-12H2,1-4H3,(H,29,31). The Balaban J connectivity index is 2.01. The van der Waals surface area contributed by atoms with Gasteiger partial charge in [-0.2, -0.15) is 13.2 Å². The lowest BCUT2D eigenvalue weighted by molar-refractivity contribution is -0.161. The molecule has 182 valence electrons. The fraction of sp³-hybridized carbons (Fsp3) is 0.478. The van der Waals surface area contributed by atoms with E-state index in [4.69, 9.17) is 9.47 Å². The van der Waals surface area contributed by atoms with Crippen LogP contribution in [0.4, 0.5) is 18.9 Å². The Bertz CT molecular complexity index is 879. The Hall–Kier alpha value is -3.01. The first-order chi connectivity index (χ1) is 15.7. The van der Waals surface area contributed by atoms with Crippen LogP contribution in [0.3, 0.4) is 0 Å². The number of nitrogens with one attached hydrogen (secondary N) is 3. The van der Waals surface area contributed by atoms with Crippen LogP contribution in [0.25, 0.3) is 0 Å². The molecule has 0 spiro atoms. The van der Waals surface area contributed by atoms with Gasteiger partial charge in [0.25, 0.3) is 0 Å². The number of rotatable bonds is 12. The van der Waals surface area contributed by atoms with E-state index < -0.39 is 24.2 Å². The number of hydrogen-bond donors (Lipinski definition) is 3. The molecule has 1 aromatic heterocycles. The molecule has 33 heavy (non-hydrogen) atoms. The van der Waals surface area contributed by atoms with E-state index in [0.29, 0.717) is 23.7 Å². The monoisotopic (exact) mass is 468 g/mol. The number of alkyl halides is 3. The Morgan fingerprint density at radius 1 is 1.12 bits per heavy atom. The molecule has 0 saturated heterocycles. The Labute approximate surface area is 192 Å². The number of amides is 1. The summed E-state index contributed by atoms with van der Waals surface area (Å²) in [6.07, 6.45) is -1.77. The highest BCUT2D eigenvalue weighted by molar-refractivity contribution is 5.81. The topological polar surface area (TPSA) is 84.5 Å². The van der Waals surface area contributed by atoms with Crippen molar-refractivity contribution in [1.29, 1.82) is 0 Å². The highest BCUT2D eigenvalue weighted by Gasteiger charge is 2.43. The van der Waals surface area contributed by atoms with Gasteiger partial charge < -0.3 is 20.1 Å². The van der Waals surface area contributed by atoms with E-state index in [-0.39, 0.29) is 24.4 Å². The number of nitrogens with zero attached hydrogens (tertiary/aromatic N) is 1. The van der Waals surface area contributed by atoms with Crippen molar-refractivity contribution in [3.8, 4) is 11.5 Å². The zero-order valence-corrected chi connectivity index (χ0v) is 19.2. The Morgan fingerprint density at radius 2 is 1.88 bits per heavy atom. The number of ether oxygens (including phenoxy) is 2. The Kier molecular flexibility index (Phi) is 9.77. The molecular formula is C23H31F3N4O3. The van der Waals surface area contributed by atoms with Crippen molar-refractivity contribution in [2.24, 2.45) is 5.92 Å². The van der Waals surface area contributed by atoms with Crippen LogP contribution >= 0.6 is 0 Å². The molecule has 3 N–H and O–H groups in total. The SMILES string of the molecule is COc1ccc(NCCNC(=O)C(CC(C)C)NC(c2cccnc2)C(F)(F)F)c(OC)c1. The second-order valence-corrected chi connectivity index (χ2v) is 7.89. The predicted octanol–water partition coefficient (Wildman–Crippen LogP) is 3.93. The second-order valence-electron chi connectivity index (χ2n) is 7.89. The molecular weight excluding hydrogens is 437 g/mol. The summed E-state index contributed by atoms with van der Waals surface area (Å²) in [6.45, 7) is 4.28. The zero-order valence-electron chi connectivity index (χ0n) is 19.2. The summed E-state index contributed by atoms with van der Waals surface area (Å²) in [5.41, 5.74) is 0.665. The molecule has 0 aliphatic carbocycles. The van der Waals surface area contributed by atoms with Gasteiger partial charge in [0.15, 0.2) is 0 Å². The molecule has 2 aromatic rings. The summed E-state index contributed by atoms with van der Waals surface area (Å²) < 4.78 is 51.7. The fourth-order valence-electron chi connectivity index (χ4n) is 3.30. The summed E-state index contributed by atoms with van der Waals surface area (Å²) in [4.78, 5) is 16.5. The van der Waals surface area contributed by atoms with Gasteiger partial charge in [0, 0.05) is 31.5 Å². The van der Waals surface area contributed by atoms with Gasteiger partial charge in [-0.3, -0.25) is 15.1 Å². The van der Waals surface area contributed by atoms with Gasteiger partial charge in [-0.15, -0.1) is 0 Å². The van der Waals surface area contributed by atoms with Crippen molar-refractivity contribution in [1.82, 2.24) is 15.6 Å². The van der Waals surface area contributed by atoms with Crippen molar-refractivity contribution in [2.75, 3.05) is 32.6 Å². The summed E-state index contributed by atoms with van der Waals surface area (Å²) in [7, 11) is 3.08. The van der Waals surface area contributed by atoms with E-state index in [9.17, 15) is 18.0 Å². The maximum Gasteiger partial charge on any atom is 0.407 e. The zero-order chi connectivity index (χ0) is 24.4. The molecule has 7 nitrogen and oxygen atoms in total. The average Bonchev–Trinajstić information content (AvgIpc) is 2.78. The number of carbonyl (C=O) groups excluding carboxylic acids is 1. The first-order valence-electron chi connectivity index (χ1n) is 10.6. The largest absolute Gasteiger partial charge is 0.497 e. The van der Waals surface area contributed by atoms with Crippen LogP contribution in [0.1, 0.15) is 31.9 Å². The van der Waals surface area contributed by atoms with Crippen LogP contribution in [0.15, 0.2) is 42.7 Å². The van der Waals surface area contributed by atoms with E-state index in [1.54, 1.807) is 25.3 Å². The average molecular weight is 469 g/mol. The molecule has 1 aromatic carbocycles. The van der Waals surface area contributed by atoms with Crippen LogP contribution in [0.5, 0.6) is 11.5 Å². The smallest absolute Gasteiger partial charge is 0.407 e. The number of pyridine rings is 1. The van der Waals surface area contributed by atoms with Crippen LogP contribution in [0.2, 0.25) is 0 Å². The summed E-state index contributed by atoms with van der Waals surface area (Å²) >= 11 is 0. The van der Waals surface area contributed by atoms with E-state index in [0.717, 1.165) is 6.20 Å². The lowest BCUT2D eigenvalue weighted by Gasteiger charge is -2.28. The lowest BCUT2D eigenvalue weighted by atomic mass is 10.00. The van der Waals surface area contributed by atoms with Gasteiger partial charge >= 0.3 is 6.18 Å². The molecule has 1 amide bonds. The van der Waals surface area contributed by atoms with Gasteiger partial charge in [-0.25, -0.2) is 0 Å². The molecule has 1 heterocycles. The van der Waals surface area contributed by atoms with Gasteiger partial charge in [0.2, 0.25) is 5.91 Å². The molecule has 0 aliphatic heterocycles. The molecule has 2 unspecified atom stereocenters. The molecule has 0 bridgehead atoms. The maximum absolute atomic E-state index is 13.7. The summed E-state index contributed by atoms with van der Waals surface area (Å²) in [5.74, 6) is 0.730. The number of benzene rings is 1. The number of hydrogen-bond acceptors (Lipinski definition) is 6. The third kappa shape index (κ3) is 8.12. The highest BCUT2D eigenvalue weighted by atomic mass is 19.4. The van der Waals surface area contributed by atoms with Crippen molar-refractivity contribution in [2.45, 2.75) is 38.5 Å². The lowest BCUT2D eigenvalue weighted by Crippen LogP contribution is -2.50. The van der Waals surface area contributed by atoms with Crippen molar-refractivity contribution < 1.29 is 27.4 Å².